The number of pyridine rings is 2. The Labute approximate surface area is 330 Å². The van der Waals surface area contributed by atoms with Crippen molar-refractivity contribution < 1.29 is 13.3 Å². The van der Waals surface area contributed by atoms with Crippen LogP contribution in [0.15, 0.2) is 189 Å². The second-order valence-corrected chi connectivity index (χ2v) is 14.3. The molecule has 0 N–H and O–H groups in total. The molecule has 0 aliphatic carbocycles. The van der Waals surface area contributed by atoms with Crippen LogP contribution in [-0.2, 0) is 0 Å². The molecule has 272 valence electrons. The maximum atomic E-state index is 6.10. The molecule has 5 heterocycles. The van der Waals surface area contributed by atoms with Crippen molar-refractivity contribution in [1.82, 2.24) is 19.9 Å². The van der Waals surface area contributed by atoms with Crippen LogP contribution >= 0.6 is 0 Å². The smallest absolute Gasteiger partial charge is 0.227 e. The monoisotopic (exact) mass is 747 g/mol. The van der Waals surface area contributed by atoms with Gasteiger partial charge in [0.25, 0.3) is 0 Å². The minimum Gasteiger partial charge on any atom is -0.438 e. The van der Waals surface area contributed by atoms with Gasteiger partial charge >= 0.3 is 0 Å². The molecular weight excluding hydrogens is 719 g/mol. The van der Waals surface area contributed by atoms with E-state index in [1.807, 2.05) is 66.7 Å². The molecule has 8 heteroatoms. The van der Waals surface area contributed by atoms with Crippen molar-refractivity contribution in [2.24, 2.45) is 0 Å². The maximum absolute atomic E-state index is 6.10. The zero-order valence-corrected chi connectivity index (χ0v) is 30.7. The van der Waals surface area contributed by atoms with E-state index in [4.69, 9.17) is 28.2 Å². The van der Waals surface area contributed by atoms with Gasteiger partial charge in [0, 0.05) is 46.1 Å². The molecule has 5 aromatic heterocycles. The van der Waals surface area contributed by atoms with Crippen LogP contribution in [0, 0.1) is 0 Å². The van der Waals surface area contributed by atoms with Crippen LogP contribution in [-0.4, -0.2) is 19.9 Å². The number of para-hydroxylation sites is 4. The molecule has 8 nitrogen and oxygen atoms in total. The molecule has 0 atom stereocenters. The van der Waals surface area contributed by atoms with Gasteiger partial charge in [-0.05, 0) is 125 Å². The van der Waals surface area contributed by atoms with Crippen LogP contribution in [0.1, 0.15) is 0 Å². The fraction of sp³-hybridized carbons (Fsp3) is 0. The van der Waals surface area contributed by atoms with Crippen molar-refractivity contribution in [3.05, 3.63) is 176 Å². The molecule has 0 saturated carbocycles. The molecule has 12 rings (SSSR count). The Morgan fingerprint density at radius 2 is 0.948 bits per heavy atom. The first-order valence-corrected chi connectivity index (χ1v) is 19.0. The van der Waals surface area contributed by atoms with Gasteiger partial charge in [-0.25, -0.2) is 15.0 Å². The predicted octanol–water partition coefficient (Wildman–Crippen LogP) is 13.4. The molecule has 0 fully saturated rings. The zero-order chi connectivity index (χ0) is 38.2. The lowest BCUT2D eigenvalue weighted by atomic mass is 10.0. The van der Waals surface area contributed by atoms with E-state index in [9.17, 15) is 0 Å². The molecule has 0 saturated heterocycles. The fourth-order valence-corrected chi connectivity index (χ4v) is 7.99. The van der Waals surface area contributed by atoms with E-state index in [0.717, 1.165) is 99.5 Å². The topological polar surface area (TPSA) is 94.2 Å². The number of oxazole rings is 2. The van der Waals surface area contributed by atoms with Crippen molar-refractivity contribution >= 4 is 82.9 Å². The summed E-state index contributed by atoms with van der Waals surface area (Å²) in [5.41, 5.74) is 11.3. The summed E-state index contributed by atoms with van der Waals surface area (Å²) in [6, 6.07) is 55.9. The lowest BCUT2D eigenvalue weighted by Crippen LogP contribution is -2.10. The van der Waals surface area contributed by atoms with Crippen LogP contribution in [0.4, 0.5) is 17.1 Å². The highest BCUT2D eigenvalue weighted by atomic mass is 16.4. The number of furan rings is 1. The second-order valence-electron chi connectivity index (χ2n) is 14.3. The highest BCUT2D eigenvalue weighted by molar-refractivity contribution is 6.10. The summed E-state index contributed by atoms with van der Waals surface area (Å²) in [5, 5.41) is 6.26. The van der Waals surface area contributed by atoms with Crippen LogP contribution in [0.5, 0.6) is 0 Å². The molecular formula is C50H29N5O3. The summed E-state index contributed by atoms with van der Waals surface area (Å²) in [6.45, 7) is 0. The molecule has 0 aliphatic rings. The van der Waals surface area contributed by atoms with Gasteiger partial charge in [0.05, 0.1) is 16.5 Å². The highest BCUT2D eigenvalue weighted by Gasteiger charge is 2.18. The van der Waals surface area contributed by atoms with Crippen LogP contribution < -0.4 is 4.90 Å². The largest absolute Gasteiger partial charge is 0.438 e. The van der Waals surface area contributed by atoms with Gasteiger partial charge in [0.15, 0.2) is 11.2 Å². The Bertz CT molecular complexity index is 3320. The number of rotatable bonds is 6. The molecule has 7 aromatic carbocycles. The Morgan fingerprint density at radius 3 is 1.57 bits per heavy atom. The molecule has 12 aromatic rings. The van der Waals surface area contributed by atoms with Crippen LogP contribution in [0.3, 0.4) is 0 Å². The molecule has 0 amide bonds. The van der Waals surface area contributed by atoms with Gasteiger partial charge in [-0.15, -0.1) is 0 Å². The van der Waals surface area contributed by atoms with E-state index in [1.54, 1.807) is 12.4 Å². The van der Waals surface area contributed by atoms with E-state index < -0.39 is 0 Å². The summed E-state index contributed by atoms with van der Waals surface area (Å²) >= 11 is 0. The van der Waals surface area contributed by atoms with Crippen molar-refractivity contribution in [1.29, 1.82) is 0 Å². The van der Waals surface area contributed by atoms with Crippen molar-refractivity contribution in [3.8, 4) is 34.2 Å². The highest BCUT2D eigenvalue weighted by Crippen LogP contribution is 2.41. The third kappa shape index (κ3) is 5.31. The lowest BCUT2D eigenvalue weighted by Gasteiger charge is -2.26. The van der Waals surface area contributed by atoms with Gasteiger partial charge in [-0.1, -0.05) is 60.7 Å². The summed E-state index contributed by atoms with van der Waals surface area (Å²) in [5.74, 6) is 1.21. The standard InChI is InChI=1S/C50H29N5O3/c1-3-9-43-41(7-1)53-48(56-43)35-13-11-33-28-38(21-17-31(33)26-35)55(37-19-15-30(16-20-37)47-46-40-6-5-24-52-50(40)58-45(46)23-25-51-47)39-22-18-32-27-36(14-12-34(32)29-39)49-54-42-8-2-4-10-44(42)57-49/h1-29H. The van der Waals surface area contributed by atoms with Gasteiger partial charge in [-0.2, -0.15) is 0 Å². The van der Waals surface area contributed by atoms with Crippen molar-refractivity contribution in [2.45, 2.75) is 0 Å². The summed E-state index contributed by atoms with van der Waals surface area (Å²) < 4.78 is 18.3. The third-order valence-electron chi connectivity index (χ3n) is 10.8. The molecule has 0 unspecified atom stereocenters. The summed E-state index contributed by atoms with van der Waals surface area (Å²) in [4.78, 5) is 21.0. The van der Waals surface area contributed by atoms with Gasteiger partial charge in [-0.3, -0.25) is 4.98 Å². The van der Waals surface area contributed by atoms with Crippen molar-refractivity contribution in [2.75, 3.05) is 4.90 Å². The van der Waals surface area contributed by atoms with E-state index in [0.29, 0.717) is 17.5 Å². The molecule has 0 aliphatic heterocycles. The fourth-order valence-electron chi connectivity index (χ4n) is 7.99. The quantitative estimate of drug-likeness (QED) is 0.166. The number of benzene rings is 7. The van der Waals surface area contributed by atoms with E-state index >= 15 is 0 Å². The molecule has 0 radical (unpaired) electrons. The average Bonchev–Trinajstić information content (AvgIpc) is 4.02. The van der Waals surface area contributed by atoms with Crippen molar-refractivity contribution in [3.63, 3.8) is 0 Å². The molecule has 58 heavy (non-hydrogen) atoms. The lowest BCUT2D eigenvalue weighted by molar-refractivity contribution is 0.619. The minimum absolute atomic E-state index is 0.601. The normalized spacial score (nSPS) is 11.8. The Morgan fingerprint density at radius 1 is 0.397 bits per heavy atom. The van der Waals surface area contributed by atoms with E-state index in [2.05, 4.69) is 107 Å². The third-order valence-corrected chi connectivity index (χ3v) is 10.8. The summed E-state index contributed by atoms with van der Waals surface area (Å²) in [6.07, 6.45) is 3.53. The van der Waals surface area contributed by atoms with Gasteiger partial charge in [0.1, 0.15) is 16.6 Å². The predicted molar refractivity (Wildman–Crippen MR) is 230 cm³/mol. The van der Waals surface area contributed by atoms with E-state index in [1.165, 1.54) is 0 Å². The number of aromatic nitrogens is 4. The molecule has 0 bridgehead atoms. The van der Waals surface area contributed by atoms with Gasteiger partial charge in [0.2, 0.25) is 17.5 Å². The number of nitrogens with zero attached hydrogens (tertiary/aromatic N) is 5. The maximum Gasteiger partial charge on any atom is 0.227 e. The molecule has 0 spiro atoms. The van der Waals surface area contributed by atoms with Crippen LogP contribution in [0.25, 0.3) is 100.0 Å². The van der Waals surface area contributed by atoms with Crippen LogP contribution in [0.2, 0.25) is 0 Å². The Balaban J connectivity index is 0.960. The minimum atomic E-state index is 0.601. The van der Waals surface area contributed by atoms with Gasteiger partial charge < -0.3 is 18.2 Å². The van der Waals surface area contributed by atoms with E-state index in [-0.39, 0.29) is 0 Å². The first-order valence-electron chi connectivity index (χ1n) is 19.0. The number of hydrogen-bond donors (Lipinski definition) is 0. The first kappa shape index (κ1) is 32.2. The average molecular weight is 748 g/mol. The SMILES string of the molecule is c1ccc2oc(-c3ccc4cc(N(c5ccc(-c6nccc7oc8ncccc8c67)cc5)c5ccc6cc(-c7nc8ccccc8o7)ccc6c5)ccc4c3)nc2c1. The number of hydrogen-bond acceptors (Lipinski definition) is 8. The second kappa shape index (κ2) is 12.7. The number of anilines is 3. The number of fused-ring (bicyclic) bond motifs is 7. The Kier molecular flexibility index (Phi) is 7.06. The summed E-state index contributed by atoms with van der Waals surface area (Å²) in [7, 11) is 0. The zero-order valence-electron chi connectivity index (χ0n) is 30.7. The first-order chi connectivity index (χ1) is 28.7. The Hall–Kier alpha value is -8.10.